The van der Waals surface area contributed by atoms with E-state index in [9.17, 15) is 9.59 Å². The van der Waals surface area contributed by atoms with Gasteiger partial charge in [-0.25, -0.2) is 4.79 Å². The second-order valence-corrected chi connectivity index (χ2v) is 7.50. The molecule has 2 aliphatic heterocycles. The molecular formula is C16H29N5O3. The van der Waals surface area contributed by atoms with Crippen LogP contribution in [0.5, 0.6) is 0 Å². The molecule has 0 radical (unpaired) electrons. The van der Waals surface area contributed by atoms with Crippen molar-refractivity contribution >= 4 is 12.0 Å². The Morgan fingerprint density at radius 2 is 2.08 bits per heavy atom. The Morgan fingerprint density at radius 3 is 2.58 bits per heavy atom. The van der Waals surface area contributed by atoms with Gasteiger partial charge < -0.3 is 26.0 Å². The van der Waals surface area contributed by atoms with Crippen LogP contribution in [-0.4, -0.2) is 48.4 Å². The van der Waals surface area contributed by atoms with Crippen LogP contribution in [-0.2, 0) is 9.53 Å². The Hall–Kier alpha value is -1.96. The Balaban J connectivity index is 2.23. The number of nitrogens with one attached hydrogen (secondary N) is 3. The minimum absolute atomic E-state index is 0.0316. The molecule has 0 spiro atoms. The van der Waals surface area contributed by atoms with Crippen molar-refractivity contribution in [3.8, 4) is 0 Å². The molecule has 2 aliphatic rings. The third-order valence-electron chi connectivity index (χ3n) is 4.81. The van der Waals surface area contributed by atoms with Gasteiger partial charge in [-0.05, 0) is 19.8 Å². The first-order valence-electron chi connectivity index (χ1n) is 8.25. The molecule has 8 heteroatoms. The van der Waals surface area contributed by atoms with E-state index in [2.05, 4.69) is 20.7 Å². The minimum Gasteiger partial charge on any atom is -0.453 e. The number of likely N-dealkylation sites (tertiary alicyclic amines) is 1. The number of alkyl carbamates (subject to hydrolysis) is 1. The van der Waals surface area contributed by atoms with Gasteiger partial charge in [-0.3, -0.25) is 10.1 Å². The van der Waals surface area contributed by atoms with Crippen molar-refractivity contribution in [1.82, 2.24) is 20.9 Å². The molecule has 3 atom stereocenters. The van der Waals surface area contributed by atoms with Crippen LogP contribution in [0.4, 0.5) is 4.79 Å². The van der Waals surface area contributed by atoms with E-state index in [4.69, 9.17) is 5.73 Å². The monoisotopic (exact) mass is 339 g/mol. The molecule has 136 valence electrons. The van der Waals surface area contributed by atoms with Gasteiger partial charge in [0.2, 0.25) is 0 Å². The van der Waals surface area contributed by atoms with Crippen LogP contribution in [0.2, 0.25) is 0 Å². The topological polar surface area (TPSA) is 109 Å². The number of nitrogens with two attached hydrogens (primary N) is 1. The molecule has 24 heavy (non-hydrogen) atoms. The van der Waals surface area contributed by atoms with E-state index in [1.54, 1.807) is 4.90 Å². The molecule has 1 saturated heterocycles. The number of ether oxygens (including phenoxy) is 1. The standard InChI is InChI=1S/C16H29N5O3/c1-10-9-18-12(19-10)11-7-6-8-21(11)13(22)16(17,15(2,3)4)20-14(23)24-5/h9,11-12,18-19H,6-8,17H2,1-5H3,(H,20,23)/t11-,12?,16+/m0/s1. The van der Waals surface area contributed by atoms with Crippen molar-refractivity contribution in [3.63, 3.8) is 0 Å². The summed E-state index contributed by atoms with van der Waals surface area (Å²) in [5.41, 5.74) is 5.20. The number of hydrogen-bond donors (Lipinski definition) is 4. The number of rotatable bonds is 3. The highest BCUT2D eigenvalue weighted by molar-refractivity contribution is 5.90. The van der Waals surface area contributed by atoms with Gasteiger partial charge >= 0.3 is 6.09 Å². The molecule has 2 amide bonds. The molecular weight excluding hydrogens is 310 g/mol. The predicted octanol–water partition coefficient (Wildman–Crippen LogP) is 0.415. The van der Waals surface area contributed by atoms with Crippen LogP contribution in [0.15, 0.2) is 11.9 Å². The highest BCUT2D eigenvalue weighted by Crippen LogP contribution is 2.31. The number of hydrogen-bond acceptors (Lipinski definition) is 6. The minimum atomic E-state index is -1.55. The second-order valence-electron chi connectivity index (χ2n) is 7.50. The maximum atomic E-state index is 13.3. The lowest BCUT2D eigenvalue weighted by Crippen LogP contribution is -2.73. The molecule has 0 aliphatic carbocycles. The number of carbonyl (C=O) groups is 2. The van der Waals surface area contributed by atoms with Crippen molar-refractivity contribution in [1.29, 1.82) is 0 Å². The summed E-state index contributed by atoms with van der Waals surface area (Å²) < 4.78 is 4.66. The van der Waals surface area contributed by atoms with Gasteiger partial charge in [-0.2, -0.15) is 0 Å². The molecule has 0 saturated carbocycles. The Kier molecular flexibility index (Phi) is 4.98. The maximum Gasteiger partial charge on any atom is 0.408 e. The summed E-state index contributed by atoms with van der Waals surface area (Å²) in [6.45, 7) is 8.05. The zero-order valence-corrected chi connectivity index (χ0v) is 15.1. The highest BCUT2D eigenvalue weighted by Gasteiger charge is 2.51. The Morgan fingerprint density at radius 1 is 1.42 bits per heavy atom. The van der Waals surface area contributed by atoms with E-state index in [1.807, 2.05) is 33.9 Å². The summed E-state index contributed by atoms with van der Waals surface area (Å²) in [7, 11) is 1.25. The van der Waals surface area contributed by atoms with Crippen LogP contribution in [0, 0.1) is 5.41 Å². The Labute approximate surface area is 143 Å². The molecule has 1 unspecified atom stereocenters. The van der Waals surface area contributed by atoms with Crippen LogP contribution in [0.3, 0.4) is 0 Å². The van der Waals surface area contributed by atoms with Crippen molar-refractivity contribution in [2.75, 3.05) is 13.7 Å². The molecule has 0 aromatic carbocycles. The summed E-state index contributed by atoms with van der Waals surface area (Å²) in [5.74, 6) is -0.295. The summed E-state index contributed by atoms with van der Waals surface area (Å²) in [5, 5.41) is 9.13. The molecule has 2 rings (SSSR count). The van der Waals surface area contributed by atoms with Crippen LogP contribution >= 0.6 is 0 Å². The molecule has 8 nitrogen and oxygen atoms in total. The first-order chi connectivity index (χ1) is 11.1. The predicted molar refractivity (Wildman–Crippen MR) is 90.5 cm³/mol. The van der Waals surface area contributed by atoms with Gasteiger partial charge in [0, 0.05) is 23.9 Å². The van der Waals surface area contributed by atoms with Gasteiger partial charge in [0.15, 0.2) is 5.66 Å². The van der Waals surface area contributed by atoms with E-state index in [0.29, 0.717) is 6.54 Å². The highest BCUT2D eigenvalue weighted by atomic mass is 16.5. The van der Waals surface area contributed by atoms with E-state index in [1.165, 1.54) is 7.11 Å². The van der Waals surface area contributed by atoms with Gasteiger partial charge in [0.25, 0.3) is 5.91 Å². The largest absolute Gasteiger partial charge is 0.453 e. The Bertz CT molecular complexity index is 542. The average molecular weight is 339 g/mol. The lowest BCUT2D eigenvalue weighted by atomic mass is 9.79. The number of carbonyl (C=O) groups excluding carboxylic acids is 2. The molecule has 0 aromatic heterocycles. The first kappa shape index (κ1) is 18.4. The summed E-state index contributed by atoms with van der Waals surface area (Å²) >= 11 is 0. The smallest absolute Gasteiger partial charge is 0.408 e. The SMILES string of the molecule is COC(=O)N[C@](N)(C(=O)N1CCC[C@H]1C1NC=C(C)N1)C(C)(C)C. The summed E-state index contributed by atoms with van der Waals surface area (Å²) in [4.78, 5) is 26.8. The van der Waals surface area contributed by atoms with Gasteiger partial charge in [0.05, 0.1) is 13.2 Å². The molecule has 0 aromatic rings. The fourth-order valence-electron chi connectivity index (χ4n) is 3.14. The van der Waals surface area contributed by atoms with Crippen LogP contribution in [0.25, 0.3) is 0 Å². The second kappa shape index (κ2) is 6.51. The van der Waals surface area contributed by atoms with Gasteiger partial charge in [-0.15, -0.1) is 0 Å². The van der Waals surface area contributed by atoms with Crippen molar-refractivity contribution in [3.05, 3.63) is 11.9 Å². The molecule has 1 fully saturated rings. The van der Waals surface area contributed by atoms with Crippen LogP contribution in [0.1, 0.15) is 40.5 Å². The third-order valence-corrected chi connectivity index (χ3v) is 4.81. The number of nitrogens with zero attached hydrogens (tertiary/aromatic N) is 1. The van der Waals surface area contributed by atoms with Crippen LogP contribution < -0.4 is 21.7 Å². The van der Waals surface area contributed by atoms with E-state index < -0.39 is 17.2 Å². The lowest BCUT2D eigenvalue weighted by Gasteiger charge is -2.44. The fraction of sp³-hybridized carbons (Fsp3) is 0.750. The first-order valence-corrected chi connectivity index (χ1v) is 8.25. The number of amides is 2. The molecule has 5 N–H and O–H groups in total. The van der Waals surface area contributed by atoms with E-state index in [-0.39, 0.29) is 18.1 Å². The molecule has 2 heterocycles. The van der Waals surface area contributed by atoms with Gasteiger partial charge in [-0.1, -0.05) is 20.8 Å². The average Bonchev–Trinajstić information content (AvgIpc) is 3.13. The maximum absolute atomic E-state index is 13.3. The van der Waals surface area contributed by atoms with E-state index in [0.717, 1.165) is 18.5 Å². The summed E-state index contributed by atoms with van der Waals surface area (Å²) in [6.07, 6.45) is 2.91. The van der Waals surface area contributed by atoms with Gasteiger partial charge in [0.1, 0.15) is 6.17 Å². The zero-order chi connectivity index (χ0) is 18.1. The molecule has 0 bridgehead atoms. The quantitative estimate of drug-likeness (QED) is 0.555. The number of methoxy groups -OCH3 is 1. The third kappa shape index (κ3) is 3.28. The van der Waals surface area contributed by atoms with Crippen molar-refractivity contribution in [2.24, 2.45) is 11.1 Å². The summed E-state index contributed by atoms with van der Waals surface area (Å²) in [6, 6.07) is -0.0316. The zero-order valence-electron chi connectivity index (χ0n) is 15.1. The lowest BCUT2D eigenvalue weighted by molar-refractivity contribution is -0.144. The van der Waals surface area contributed by atoms with Crippen molar-refractivity contribution in [2.45, 2.75) is 58.4 Å². The fourth-order valence-corrected chi connectivity index (χ4v) is 3.14. The van der Waals surface area contributed by atoms with Crippen molar-refractivity contribution < 1.29 is 14.3 Å². The van der Waals surface area contributed by atoms with E-state index >= 15 is 0 Å². The number of allylic oxidation sites excluding steroid dienone is 1. The normalized spacial score (nSPS) is 26.1.